The van der Waals surface area contributed by atoms with E-state index in [0.29, 0.717) is 17.8 Å². The number of carbonyl (C=O) groups is 2. The molecule has 1 aromatic rings. The third-order valence-corrected chi connectivity index (χ3v) is 4.87. The van der Waals surface area contributed by atoms with Gasteiger partial charge in [-0.2, -0.15) is 0 Å². The summed E-state index contributed by atoms with van der Waals surface area (Å²) < 4.78 is 5.52. The molecular weight excluding hydrogens is 318 g/mol. The summed E-state index contributed by atoms with van der Waals surface area (Å²) in [5.41, 5.74) is 1.000. The van der Waals surface area contributed by atoms with Crippen LogP contribution >= 0.6 is 0 Å². The molecule has 1 aromatic carbocycles. The van der Waals surface area contributed by atoms with Gasteiger partial charge >= 0.3 is 6.03 Å². The van der Waals surface area contributed by atoms with E-state index in [2.05, 4.69) is 16.0 Å². The molecule has 1 saturated heterocycles. The number of ether oxygens (including phenoxy) is 1. The Kier molecular flexibility index (Phi) is 6.28. The van der Waals surface area contributed by atoms with Gasteiger partial charge in [0.2, 0.25) is 0 Å². The van der Waals surface area contributed by atoms with Crippen molar-refractivity contribution in [3.8, 4) is 0 Å². The molecule has 0 bridgehead atoms. The number of hydrogen-bond acceptors (Lipinski definition) is 3. The van der Waals surface area contributed by atoms with E-state index in [9.17, 15) is 9.59 Å². The van der Waals surface area contributed by atoms with Gasteiger partial charge in [-0.15, -0.1) is 0 Å². The SMILES string of the molecule is O=C(Nc1ccccc1C(=O)NC[C@@H]1CCCO1)NC1CCCCC1. The maximum absolute atomic E-state index is 12.5. The molecule has 25 heavy (non-hydrogen) atoms. The van der Waals surface area contributed by atoms with Gasteiger partial charge in [0, 0.05) is 19.2 Å². The van der Waals surface area contributed by atoms with Crippen molar-refractivity contribution in [3.05, 3.63) is 29.8 Å². The predicted molar refractivity (Wildman–Crippen MR) is 96.8 cm³/mol. The van der Waals surface area contributed by atoms with Crippen LogP contribution in [0.4, 0.5) is 10.5 Å². The first-order chi connectivity index (χ1) is 12.2. The highest BCUT2D eigenvalue weighted by molar-refractivity contribution is 6.03. The first-order valence-electron chi connectivity index (χ1n) is 9.29. The van der Waals surface area contributed by atoms with Crippen molar-refractivity contribution < 1.29 is 14.3 Å². The van der Waals surface area contributed by atoms with Gasteiger partial charge in [0.1, 0.15) is 0 Å². The number of urea groups is 1. The number of para-hydroxylation sites is 1. The van der Waals surface area contributed by atoms with Crippen molar-refractivity contribution in [2.24, 2.45) is 0 Å². The normalized spacial score (nSPS) is 20.9. The molecule has 1 saturated carbocycles. The molecule has 0 spiro atoms. The van der Waals surface area contributed by atoms with Gasteiger partial charge < -0.3 is 20.7 Å². The van der Waals surface area contributed by atoms with Gasteiger partial charge in [-0.3, -0.25) is 4.79 Å². The summed E-state index contributed by atoms with van der Waals surface area (Å²) in [5.74, 6) is -0.191. The molecule has 2 aliphatic rings. The third kappa shape index (κ3) is 5.19. The summed E-state index contributed by atoms with van der Waals surface area (Å²) in [6.45, 7) is 1.27. The van der Waals surface area contributed by atoms with Crippen LogP contribution < -0.4 is 16.0 Å². The van der Waals surface area contributed by atoms with E-state index in [-0.39, 0.29) is 24.1 Å². The number of amides is 3. The Morgan fingerprint density at radius 3 is 2.60 bits per heavy atom. The minimum Gasteiger partial charge on any atom is -0.376 e. The van der Waals surface area contributed by atoms with Crippen LogP contribution in [0.2, 0.25) is 0 Å². The van der Waals surface area contributed by atoms with Crippen molar-refractivity contribution >= 4 is 17.6 Å². The van der Waals surface area contributed by atoms with E-state index in [1.54, 1.807) is 18.2 Å². The summed E-state index contributed by atoms with van der Waals surface area (Å²) in [6, 6.07) is 7.07. The van der Waals surface area contributed by atoms with Crippen LogP contribution in [0.5, 0.6) is 0 Å². The minimum absolute atomic E-state index is 0.0960. The molecule has 1 heterocycles. The Labute approximate surface area is 148 Å². The molecule has 2 fully saturated rings. The van der Waals surface area contributed by atoms with Crippen molar-refractivity contribution in [2.75, 3.05) is 18.5 Å². The lowest BCUT2D eigenvalue weighted by atomic mass is 9.96. The highest BCUT2D eigenvalue weighted by Gasteiger charge is 2.19. The molecular formula is C19H27N3O3. The number of rotatable bonds is 5. The summed E-state index contributed by atoms with van der Waals surface area (Å²) in [7, 11) is 0. The van der Waals surface area contributed by atoms with Crippen LogP contribution in [-0.4, -0.2) is 37.2 Å². The lowest BCUT2D eigenvalue weighted by Gasteiger charge is -2.23. The third-order valence-electron chi connectivity index (χ3n) is 4.87. The van der Waals surface area contributed by atoms with Crippen LogP contribution in [-0.2, 0) is 4.74 Å². The molecule has 3 N–H and O–H groups in total. The van der Waals surface area contributed by atoms with Gasteiger partial charge in [-0.25, -0.2) is 4.79 Å². The van der Waals surface area contributed by atoms with Gasteiger partial charge in [-0.1, -0.05) is 31.4 Å². The number of nitrogens with one attached hydrogen (secondary N) is 3. The molecule has 1 aliphatic heterocycles. The van der Waals surface area contributed by atoms with Gasteiger partial charge in [0.05, 0.1) is 17.4 Å². The second-order valence-electron chi connectivity index (χ2n) is 6.82. The number of anilines is 1. The van der Waals surface area contributed by atoms with E-state index in [4.69, 9.17) is 4.74 Å². The maximum Gasteiger partial charge on any atom is 0.319 e. The zero-order chi connectivity index (χ0) is 17.5. The van der Waals surface area contributed by atoms with E-state index < -0.39 is 0 Å². The summed E-state index contributed by atoms with van der Waals surface area (Å²) in [4.78, 5) is 24.7. The Bertz CT molecular complexity index is 593. The van der Waals surface area contributed by atoms with Gasteiger partial charge in [0.25, 0.3) is 5.91 Å². The fourth-order valence-electron chi connectivity index (χ4n) is 3.49. The van der Waals surface area contributed by atoms with E-state index in [1.165, 1.54) is 6.42 Å². The summed E-state index contributed by atoms with van der Waals surface area (Å²) in [5, 5.41) is 8.73. The number of benzene rings is 1. The smallest absolute Gasteiger partial charge is 0.319 e. The average molecular weight is 345 g/mol. The Morgan fingerprint density at radius 1 is 1.04 bits per heavy atom. The first kappa shape index (κ1) is 17.7. The second-order valence-corrected chi connectivity index (χ2v) is 6.82. The summed E-state index contributed by atoms with van der Waals surface area (Å²) >= 11 is 0. The zero-order valence-corrected chi connectivity index (χ0v) is 14.6. The van der Waals surface area contributed by atoms with Crippen LogP contribution in [0, 0.1) is 0 Å². The molecule has 1 aliphatic carbocycles. The largest absolute Gasteiger partial charge is 0.376 e. The molecule has 6 heteroatoms. The molecule has 136 valence electrons. The predicted octanol–water partition coefficient (Wildman–Crippen LogP) is 3.05. The molecule has 3 rings (SSSR count). The fourth-order valence-corrected chi connectivity index (χ4v) is 3.49. The summed E-state index contributed by atoms with van der Waals surface area (Å²) in [6.07, 6.45) is 7.73. The molecule has 0 aromatic heterocycles. The zero-order valence-electron chi connectivity index (χ0n) is 14.6. The van der Waals surface area contributed by atoms with Crippen LogP contribution in [0.1, 0.15) is 55.3 Å². The highest BCUT2D eigenvalue weighted by Crippen LogP contribution is 2.19. The fraction of sp³-hybridized carbons (Fsp3) is 0.579. The topological polar surface area (TPSA) is 79.5 Å². The molecule has 3 amide bonds. The second kappa shape index (κ2) is 8.85. The van der Waals surface area contributed by atoms with Crippen molar-refractivity contribution in [1.29, 1.82) is 0 Å². The Hall–Kier alpha value is -2.08. The number of carbonyl (C=O) groups excluding carboxylic acids is 2. The number of hydrogen-bond donors (Lipinski definition) is 3. The van der Waals surface area contributed by atoms with E-state index in [1.807, 2.05) is 6.07 Å². The molecule has 0 unspecified atom stereocenters. The van der Waals surface area contributed by atoms with Gasteiger partial charge in [0.15, 0.2) is 0 Å². The molecule has 1 atom stereocenters. The van der Waals surface area contributed by atoms with Crippen molar-refractivity contribution in [3.63, 3.8) is 0 Å². The lowest BCUT2D eigenvalue weighted by Crippen LogP contribution is -2.39. The van der Waals surface area contributed by atoms with E-state index >= 15 is 0 Å². The van der Waals surface area contributed by atoms with Crippen molar-refractivity contribution in [1.82, 2.24) is 10.6 Å². The van der Waals surface area contributed by atoms with Crippen molar-refractivity contribution in [2.45, 2.75) is 57.1 Å². The standard InChI is InChI=1S/C19H27N3O3/c23-18(20-13-15-9-6-12-25-15)16-10-4-5-11-17(16)22-19(24)21-14-7-2-1-3-8-14/h4-5,10-11,14-15H,1-3,6-9,12-13H2,(H,20,23)(H2,21,22,24)/t15-/m0/s1. The van der Waals surface area contributed by atoms with Gasteiger partial charge in [-0.05, 0) is 37.8 Å². The van der Waals surface area contributed by atoms with Crippen LogP contribution in [0.15, 0.2) is 24.3 Å². The Balaban J connectivity index is 1.55. The monoisotopic (exact) mass is 345 g/mol. The highest BCUT2D eigenvalue weighted by atomic mass is 16.5. The molecule has 0 radical (unpaired) electrons. The first-order valence-corrected chi connectivity index (χ1v) is 9.29. The minimum atomic E-state index is -0.244. The van der Waals surface area contributed by atoms with E-state index in [0.717, 1.165) is 45.1 Å². The Morgan fingerprint density at radius 2 is 1.84 bits per heavy atom. The quantitative estimate of drug-likeness (QED) is 0.767. The average Bonchev–Trinajstić information content (AvgIpc) is 3.14. The lowest BCUT2D eigenvalue weighted by molar-refractivity contribution is 0.0858. The maximum atomic E-state index is 12.5. The molecule has 6 nitrogen and oxygen atoms in total. The van der Waals surface area contributed by atoms with Crippen LogP contribution in [0.25, 0.3) is 0 Å². The van der Waals surface area contributed by atoms with Crippen LogP contribution in [0.3, 0.4) is 0 Å².